The number of nitriles is 1. The zero-order chi connectivity index (χ0) is 12.8. The van der Waals surface area contributed by atoms with Crippen LogP contribution >= 0.6 is 0 Å². The van der Waals surface area contributed by atoms with Gasteiger partial charge in [0.25, 0.3) is 0 Å². The summed E-state index contributed by atoms with van der Waals surface area (Å²) in [7, 11) is 6.06. The summed E-state index contributed by atoms with van der Waals surface area (Å²) < 4.78 is 0. The molecule has 0 saturated carbocycles. The van der Waals surface area contributed by atoms with Crippen molar-refractivity contribution >= 4 is 5.82 Å². The van der Waals surface area contributed by atoms with Crippen molar-refractivity contribution in [3.05, 3.63) is 17.6 Å². The summed E-state index contributed by atoms with van der Waals surface area (Å²) in [5.74, 6) is 1.41. The predicted octanol–water partition coefficient (Wildman–Crippen LogP) is 1.04. The van der Waals surface area contributed by atoms with Gasteiger partial charge in [-0.15, -0.1) is 0 Å². The minimum atomic E-state index is 0.531. The second-order valence-corrected chi connectivity index (χ2v) is 4.34. The number of hydrogen-bond donors (Lipinski definition) is 0. The average Bonchev–Trinajstić information content (AvgIpc) is 2.28. The Morgan fingerprint density at radius 2 is 2.00 bits per heavy atom. The Balaban J connectivity index is 2.71. The average molecular weight is 233 g/mol. The molecule has 0 radical (unpaired) electrons. The van der Waals surface area contributed by atoms with E-state index in [-0.39, 0.29) is 0 Å². The van der Waals surface area contributed by atoms with E-state index in [4.69, 9.17) is 5.26 Å². The summed E-state index contributed by atoms with van der Waals surface area (Å²) in [5.41, 5.74) is 0.531. The highest BCUT2D eigenvalue weighted by atomic mass is 15.2. The van der Waals surface area contributed by atoms with E-state index in [9.17, 15) is 0 Å². The number of nitrogens with zero attached hydrogens (tertiary/aromatic N) is 5. The second-order valence-electron chi connectivity index (χ2n) is 4.34. The Kier molecular flexibility index (Phi) is 4.85. The van der Waals surface area contributed by atoms with Crippen molar-refractivity contribution in [3.8, 4) is 6.07 Å². The maximum absolute atomic E-state index is 9.01. The van der Waals surface area contributed by atoms with E-state index in [2.05, 4.69) is 35.0 Å². The first-order valence-corrected chi connectivity index (χ1v) is 5.64. The zero-order valence-corrected chi connectivity index (χ0v) is 10.9. The van der Waals surface area contributed by atoms with Gasteiger partial charge < -0.3 is 9.80 Å². The van der Waals surface area contributed by atoms with Crippen LogP contribution in [0.25, 0.3) is 0 Å². The van der Waals surface area contributed by atoms with Crippen LogP contribution in [0.5, 0.6) is 0 Å². The van der Waals surface area contributed by atoms with Crippen LogP contribution < -0.4 is 4.90 Å². The fourth-order valence-electron chi connectivity index (χ4n) is 1.56. The molecule has 0 N–H and O–H groups in total. The van der Waals surface area contributed by atoms with E-state index < -0.39 is 0 Å². The molecule has 0 amide bonds. The van der Waals surface area contributed by atoms with E-state index in [1.54, 1.807) is 6.20 Å². The highest BCUT2D eigenvalue weighted by molar-refractivity contribution is 5.52. The summed E-state index contributed by atoms with van der Waals surface area (Å²) >= 11 is 0. The van der Waals surface area contributed by atoms with E-state index >= 15 is 0 Å². The fourth-order valence-corrected chi connectivity index (χ4v) is 1.56. The Labute approximate surface area is 103 Å². The van der Waals surface area contributed by atoms with Gasteiger partial charge in [0.2, 0.25) is 0 Å². The van der Waals surface area contributed by atoms with Crippen LogP contribution in [0.15, 0.2) is 6.20 Å². The predicted molar refractivity (Wildman–Crippen MR) is 67.9 cm³/mol. The lowest BCUT2D eigenvalue weighted by Crippen LogP contribution is -2.25. The normalized spacial score (nSPS) is 10.4. The Hall–Kier alpha value is -1.67. The van der Waals surface area contributed by atoms with Crippen molar-refractivity contribution in [3.63, 3.8) is 0 Å². The third kappa shape index (κ3) is 4.00. The molecule has 0 bridgehead atoms. The summed E-state index contributed by atoms with van der Waals surface area (Å²) in [4.78, 5) is 12.5. The maximum atomic E-state index is 9.01. The monoisotopic (exact) mass is 233 g/mol. The third-order valence-corrected chi connectivity index (χ3v) is 2.47. The molecule has 0 unspecified atom stereocenters. The molecule has 0 aliphatic heterocycles. The molecule has 92 valence electrons. The van der Waals surface area contributed by atoms with Gasteiger partial charge in [-0.25, -0.2) is 9.97 Å². The molecule has 0 aromatic carbocycles. The lowest BCUT2D eigenvalue weighted by molar-refractivity contribution is 0.401. The van der Waals surface area contributed by atoms with E-state index in [0.717, 1.165) is 25.3 Å². The molecule has 0 saturated heterocycles. The Morgan fingerprint density at radius 1 is 1.29 bits per heavy atom. The van der Waals surface area contributed by atoms with Crippen molar-refractivity contribution in [1.82, 2.24) is 14.9 Å². The fraction of sp³-hybridized carbons (Fsp3) is 0.583. The molecule has 0 aliphatic rings. The smallest absolute Gasteiger partial charge is 0.150 e. The molecule has 1 rings (SSSR count). The zero-order valence-electron chi connectivity index (χ0n) is 10.9. The SMILES string of the molecule is Cc1ncc(C#N)c(N(C)CCCN(C)C)n1. The second kappa shape index (κ2) is 6.16. The van der Waals surface area contributed by atoms with Gasteiger partial charge in [-0.3, -0.25) is 0 Å². The van der Waals surface area contributed by atoms with Gasteiger partial charge in [-0.1, -0.05) is 0 Å². The van der Waals surface area contributed by atoms with Crippen LogP contribution in [0.2, 0.25) is 0 Å². The van der Waals surface area contributed by atoms with Crippen LogP contribution in [-0.4, -0.2) is 49.1 Å². The van der Waals surface area contributed by atoms with Crippen LogP contribution in [-0.2, 0) is 0 Å². The molecule has 5 nitrogen and oxygen atoms in total. The van der Waals surface area contributed by atoms with Gasteiger partial charge in [0.1, 0.15) is 23.3 Å². The van der Waals surface area contributed by atoms with Gasteiger partial charge in [0, 0.05) is 13.6 Å². The first kappa shape index (κ1) is 13.4. The molecule has 1 heterocycles. The molecule has 17 heavy (non-hydrogen) atoms. The molecule has 1 aromatic rings. The summed E-state index contributed by atoms with van der Waals surface area (Å²) in [6.07, 6.45) is 2.62. The minimum Gasteiger partial charge on any atom is -0.358 e. The van der Waals surface area contributed by atoms with E-state index in [1.807, 2.05) is 18.9 Å². The van der Waals surface area contributed by atoms with E-state index in [0.29, 0.717) is 11.4 Å². The topological polar surface area (TPSA) is 56.1 Å². The van der Waals surface area contributed by atoms with Crippen molar-refractivity contribution in [2.75, 3.05) is 39.1 Å². The molecule has 0 fully saturated rings. The molecular formula is C12H19N5. The lowest BCUT2D eigenvalue weighted by atomic mass is 10.3. The van der Waals surface area contributed by atoms with Crippen LogP contribution in [0, 0.1) is 18.3 Å². The number of anilines is 1. The lowest BCUT2D eigenvalue weighted by Gasteiger charge is -2.20. The van der Waals surface area contributed by atoms with Crippen molar-refractivity contribution < 1.29 is 0 Å². The summed E-state index contributed by atoms with van der Waals surface area (Å²) in [5, 5.41) is 9.01. The molecule has 0 atom stereocenters. The minimum absolute atomic E-state index is 0.531. The number of rotatable bonds is 5. The first-order valence-electron chi connectivity index (χ1n) is 5.64. The number of hydrogen-bond acceptors (Lipinski definition) is 5. The maximum Gasteiger partial charge on any atom is 0.150 e. The van der Waals surface area contributed by atoms with Crippen molar-refractivity contribution in [2.45, 2.75) is 13.3 Å². The van der Waals surface area contributed by atoms with Crippen LogP contribution in [0.1, 0.15) is 17.8 Å². The highest BCUT2D eigenvalue weighted by Gasteiger charge is 2.09. The van der Waals surface area contributed by atoms with Crippen LogP contribution in [0.3, 0.4) is 0 Å². The molecule has 5 heteroatoms. The molecule has 0 aliphatic carbocycles. The van der Waals surface area contributed by atoms with Crippen molar-refractivity contribution in [1.29, 1.82) is 5.26 Å². The number of aryl methyl sites for hydroxylation is 1. The van der Waals surface area contributed by atoms with Gasteiger partial charge >= 0.3 is 0 Å². The van der Waals surface area contributed by atoms with Gasteiger partial charge in [-0.05, 0) is 34.0 Å². The van der Waals surface area contributed by atoms with Crippen LogP contribution in [0.4, 0.5) is 5.82 Å². The quantitative estimate of drug-likeness (QED) is 0.760. The van der Waals surface area contributed by atoms with Crippen molar-refractivity contribution in [2.24, 2.45) is 0 Å². The largest absolute Gasteiger partial charge is 0.358 e. The molecule has 0 spiro atoms. The van der Waals surface area contributed by atoms with Gasteiger partial charge in [-0.2, -0.15) is 5.26 Å². The standard InChI is InChI=1S/C12H19N5/c1-10-14-9-11(8-13)12(15-10)17(4)7-5-6-16(2)3/h9H,5-7H2,1-4H3. The Morgan fingerprint density at radius 3 is 2.59 bits per heavy atom. The highest BCUT2D eigenvalue weighted by Crippen LogP contribution is 2.14. The summed E-state index contributed by atoms with van der Waals surface area (Å²) in [6, 6.07) is 2.13. The molecular weight excluding hydrogens is 214 g/mol. The number of aromatic nitrogens is 2. The van der Waals surface area contributed by atoms with Gasteiger partial charge in [0.05, 0.1) is 6.20 Å². The first-order chi connectivity index (χ1) is 8.04. The third-order valence-electron chi connectivity index (χ3n) is 2.47. The van der Waals surface area contributed by atoms with Gasteiger partial charge in [0.15, 0.2) is 0 Å². The summed E-state index contributed by atoms with van der Waals surface area (Å²) in [6.45, 7) is 3.73. The Bertz CT molecular complexity index is 408. The van der Waals surface area contributed by atoms with E-state index in [1.165, 1.54) is 0 Å². The molecule has 1 aromatic heterocycles.